The molecule has 1 atom stereocenters. The van der Waals surface area contributed by atoms with Gasteiger partial charge in [0.25, 0.3) is 0 Å². The Bertz CT molecular complexity index is 101. The number of nitrogens with zero attached hydrogens (tertiary/aromatic N) is 1. The molecule has 1 saturated heterocycles. The molecule has 0 spiro atoms. The van der Waals surface area contributed by atoms with Crippen molar-refractivity contribution in [2.24, 2.45) is 11.8 Å². The van der Waals surface area contributed by atoms with Crippen molar-refractivity contribution < 1.29 is 4.79 Å². The molecule has 0 saturated carbocycles. The highest BCUT2D eigenvalue weighted by molar-refractivity contribution is 5.79. The molecule has 0 bridgehead atoms. The van der Waals surface area contributed by atoms with Gasteiger partial charge in [0.2, 0.25) is 5.91 Å². The van der Waals surface area contributed by atoms with E-state index in [0.29, 0.717) is 0 Å². The number of hydrazine groups is 1. The van der Waals surface area contributed by atoms with Gasteiger partial charge in [0.1, 0.15) is 0 Å². The highest BCUT2D eigenvalue weighted by Crippen LogP contribution is 2.12. The minimum absolute atomic E-state index is 0.0741. The number of rotatable bonds is 0. The van der Waals surface area contributed by atoms with Gasteiger partial charge < -0.3 is 0 Å². The standard InChI is InChI=1S/C5H10N2O/c1-4-2-3-7(6)5(4)8/h4H,2-3,6H2,1H3/t4-/m0/s1. The summed E-state index contributed by atoms with van der Waals surface area (Å²) >= 11 is 0. The third kappa shape index (κ3) is 0.690. The first-order valence-corrected chi connectivity index (χ1v) is 2.78. The minimum atomic E-state index is 0.0741. The Balaban J connectivity index is 2.57. The molecule has 1 aliphatic rings. The molecular formula is C5H10N2O. The summed E-state index contributed by atoms with van der Waals surface area (Å²) in [5.41, 5.74) is 0. The Morgan fingerprint density at radius 1 is 1.88 bits per heavy atom. The summed E-state index contributed by atoms with van der Waals surface area (Å²) in [4.78, 5) is 10.7. The second kappa shape index (κ2) is 1.74. The van der Waals surface area contributed by atoms with Gasteiger partial charge >= 0.3 is 0 Å². The van der Waals surface area contributed by atoms with E-state index in [9.17, 15) is 4.79 Å². The normalized spacial score (nSPS) is 29.5. The maximum absolute atomic E-state index is 10.7. The fourth-order valence-corrected chi connectivity index (χ4v) is 0.849. The van der Waals surface area contributed by atoms with Crippen LogP contribution in [0.2, 0.25) is 0 Å². The van der Waals surface area contributed by atoms with Gasteiger partial charge in [-0.1, -0.05) is 6.92 Å². The number of hydrogen-bond donors (Lipinski definition) is 1. The molecule has 0 aromatic rings. The Hall–Kier alpha value is -0.570. The SMILES string of the molecule is C[C@H]1CCN(N)C1=O. The van der Waals surface area contributed by atoms with E-state index in [-0.39, 0.29) is 11.8 Å². The average Bonchev–Trinajstić information content (AvgIpc) is 1.98. The highest BCUT2D eigenvalue weighted by atomic mass is 16.2. The van der Waals surface area contributed by atoms with Crippen LogP contribution in [-0.2, 0) is 4.79 Å². The molecule has 1 amide bonds. The van der Waals surface area contributed by atoms with Gasteiger partial charge in [0.05, 0.1) is 0 Å². The zero-order valence-corrected chi connectivity index (χ0v) is 4.92. The van der Waals surface area contributed by atoms with E-state index in [1.807, 2.05) is 6.92 Å². The zero-order valence-electron chi connectivity index (χ0n) is 4.92. The molecule has 2 N–H and O–H groups in total. The van der Waals surface area contributed by atoms with Crippen molar-refractivity contribution in [3.8, 4) is 0 Å². The smallest absolute Gasteiger partial charge is 0.239 e. The van der Waals surface area contributed by atoms with E-state index < -0.39 is 0 Å². The first-order valence-electron chi connectivity index (χ1n) is 2.78. The Labute approximate surface area is 48.4 Å². The van der Waals surface area contributed by atoms with E-state index in [2.05, 4.69) is 0 Å². The topological polar surface area (TPSA) is 46.3 Å². The molecule has 1 rings (SSSR count). The first kappa shape index (κ1) is 5.56. The Morgan fingerprint density at radius 2 is 2.50 bits per heavy atom. The zero-order chi connectivity index (χ0) is 6.15. The second-order valence-corrected chi connectivity index (χ2v) is 2.22. The lowest BCUT2D eigenvalue weighted by atomic mass is 10.1. The van der Waals surface area contributed by atoms with Crippen LogP contribution in [0.3, 0.4) is 0 Å². The summed E-state index contributed by atoms with van der Waals surface area (Å²) in [6.45, 7) is 2.62. The summed E-state index contributed by atoms with van der Waals surface area (Å²) in [6.07, 6.45) is 0.912. The van der Waals surface area contributed by atoms with Crippen LogP contribution >= 0.6 is 0 Å². The first-order chi connectivity index (χ1) is 3.72. The van der Waals surface area contributed by atoms with Gasteiger partial charge in [-0.05, 0) is 6.42 Å². The van der Waals surface area contributed by atoms with Crippen molar-refractivity contribution >= 4 is 5.91 Å². The van der Waals surface area contributed by atoms with Crippen LogP contribution in [0.1, 0.15) is 13.3 Å². The summed E-state index contributed by atoms with van der Waals surface area (Å²) in [7, 11) is 0. The number of amides is 1. The Morgan fingerprint density at radius 3 is 2.62 bits per heavy atom. The minimum Gasteiger partial charge on any atom is -0.280 e. The molecule has 3 heteroatoms. The van der Waals surface area contributed by atoms with E-state index >= 15 is 0 Å². The van der Waals surface area contributed by atoms with Crippen molar-refractivity contribution in [3.05, 3.63) is 0 Å². The number of hydrogen-bond acceptors (Lipinski definition) is 2. The lowest BCUT2D eigenvalue weighted by molar-refractivity contribution is -0.130. The molecule has 0 unspecified atom stereocenters. The predicted molar refractivity (Wildman–Crippen MR) is 29.7 cm³/mol. The lowest BCUT2D eigenvalue weighted by Gasteiger charge is -2.04. The van der Waals surface area contributed by atoms with E-state index in [0.717, 1.165) is 13.0 Å². The van der Waals surface area contributed by atoms with Crippen molar-refractivity contribution in [3.63, 3.8) is 0 Å². The number of carbonyl (C=O) groups excluding carboxylic acids is 1. The summed E-state index contributed by atoms with van der Waals surface area (Å²) in [5.74, 6) is 5.48. The second-order valence-electron chi connectivity index (χ2n) is 2.22. The number of nitrogens with two attached hydrogens (primary N) is 1. The van der Waals surface area contributed by atoms with Crippen molar-refractivity contribution in [1.82, 2.24) is 5.01 Å². The number of carbonyl (C=O) groups is 1. The van der Waals surface area contributed by atoms with Crippen LogP contribution in [0.25, 0.3) is 0 Å². The maximum Gasteiger partial charge on any atom is 0.239 e. The van der Waals surface area contributed by atoms with E-state index in [1.165, 1.54) is 5.01 Å². The lowest BCUT2D eigenvalue weighted by Crippen LogP contribution is -2.33. The molecule has 8 heavy (non-hydrogen) atoms. The van der Waals surface area contributed by atoms with Gasteiger partial charge in [-0.15, -0.1) is 0 Å². The molecular weight excluding hydrogens is 104 g/mol. The molecule has 1 heterocycles. The molecule has 1 aliphatic heterocycles. The van der Waals surface area contributed by atoms with Crippen LogP contribution < -0.4 is 5.84 Å². The monoisotopic (exact) mass is 114 g/mol. The fourth-order valence-electron chi connectivity index (χ4n) is 0.849. The van der Waals surface area contributed by atoms with Crippen molar-refractivity contribution in [2.45, 2.75) is 13.3 Å². The van der Waals surface area contributed by atoms with Crippen molar-refractivity contribution in [1.29, 1.82) is 0 Å². The van der Waals surface area contributed by atoms with Crippen LogP contribution in [0.4, 0.5) is 0 Å². The summed E-state index contributed by atoms with van der Waals surface area (Å²) in [6, 6.07) is 0. The predicted octanol–water partition coefficient (Wildman–Crippen LogP) is -0.271. The third-order valence-electron chi connectivity index (χ3n) is 1.51. The van der Waals surface area contributed by atoms with E-state index in [1.54, 1.807) is 0 Å². The van der Waals surface area contributed by atoms with Gasteiger partial charge in [-0.3, -0.25) is 9.80 Å². The van der Waals surface area contributed by atoms with Gasteiger partial charge in [-0.2, -0.15) is 0 Å². The van der Waals surface area contributed by atoms with Gasteiger partial charge in [-0.25, -0.2) is 5.84 Å². The van der Waals surface area contributed by atoms with Crippen LogP contribution in [-0.4, -0.2) is 17.5 Å². The quantitative estimate of drug-likeness (QED) is 0.348. The molecule has 46 valence electrons. The van der Waals surface area contributed by atoms with Gasteiger partial charge in [0, 0.05) is 12.5 Å². The molecule has 1 fully saturated rings. The van der Waals surface area contributed by atoms with Crippen LogP contribution in [0.5, 0.6) is 0 Å². The Kier molecular flexibility index (Phi) is 1.21. The van der Waals surface area contributed by atoms with E-state index in [4.69, 9.17) is 5.84 Å². The molecule has 0 aliphatic carbocycles. The molecule has 3 nitrogen and oxygen atoms in total. The molecule has 0 radical (unpaired) electrons. The highest BCUT2D eigenvalue weighted by Gasteiger charge is 2.24. The molecule has 0 aromatic carbocycles. The largest absolute Gasteiger partial charge is 0.280 e. The van der Waals surface area contributed by atoms with Crippen LogP contribution in [0.15, 0.2) is 0 Å². The van der Waals surface area contributed by atoms with Crippen molar-refractivity contribution in [2.75, 3.05) is 6.54 Å². The van der Waals surface area contributed by atoms with Crippen LogP contribution in [0, 0.1) is 5.92 Å². The summed E-state index contributed by atoms with van der Waals surface area (Å²) in [5, 5.41) is 1.28. The third-order valence-corrected chi connectivity index (χ3v) is 1.51. The maximum atomic E-state index is 10.7. The summed E-state index contributed by atoms with van der Waals surface area (Å²) < 4.78 is 0. The molecule has 0 aromatic heterocycles. The average molecular weight is 114 g/mol. The fraction of sp³-hybridized carbons (Fsp3) is 0.800. The van der Waals surface area contributed by atoms with Gasteiger partial charge in [0.15, 0.2) is 0 Å².